The second-order valence-electron chi connectivity index (χ2n) is 7.02. The van der Waals surface area contributed by atoms with Gasteiger partial charge in [-0.25, -0.2) is 0 Å². The Bertz CT molecular complexity index is 323. The van der Waals surface area contributed by atoms with Gasteiger partial charge in [0.25, 0.3) is 0 Å². The average Bonchev–Trinajstić information content (AvgIpc) is 3.03. The normalized spacial score (nSPS) is 18.4. The van der Waals surface area contributed by atoms with Crippen molar-refractivity contribution in [3.63, 3.8) is 0 Å². The van der Waals surface area contributed by atoms with Crippen LogP contribution in [-0.4, -0.2) is 57.5 Å². The third-order valence-electron chi connectivity index (χ3n) is 5.80. The van der Waals surface area contributed by atoms with Crippen molar-refractivity contribution in [1.82, 2.24) is 4.57 Å². The summed E-state index contributed by atoms with van der Waals surface area (Å²) < 4.78 is 19.5. The standard InChI is InChI=1S/C18H39NO3Si2/c1-6-18(7-2,23-20-3)14-11-9-8-10-12-15-19-16-13-17-24(19,21-4)22-5/h6-17H2,1-5H3. The lowest BCUT2D eigenvalue weighted by atomic mass is 9.94. The molecule has 0 aromatic rings. The van der Waals surface area contributed by atoms with Gasteiger partial charge in [-0.1, -0.05) is 52.4 Å². The van der Waals surface area contributed by atoms with Gasteiger partial charge in [-0.3, -0.25) is 4.57 Å². The third-order valence-corrected chi connectivity index (χ3v) is 11.1. The summed E-state index contributed by atoms with van der Waals surface area (Å²) >= 11 is 0. The van der Waals surface area contributed by atoms with Gasteiger partial charge in [0.2, 0.25) is 9.76 Å². The summed E-state index contributed by atoms with van der Waals surface area (Å²) in [6.07, 6.45) is 11.7. The average molecular weight is 374 g/mol. The zero-order valence-electron chi connectivity index (χ0n) is 16.7. The van der Waals surface area contributed by atoms with Crippen molar-refractivity contribution < 1.29 is 13.3 Å². The molecule has 0 N–H and O–H groups in total. The predicted molar refractivity (Wildman–Crippen MR) is 105 cm³/mol. The van der Waals surface area contributed by atoms with Gasteiger partial charge in [0.15, 0.2) is 0 Å². The molecule has 0 bridgehead atoms. The van der Waals surface area contributed by atoms with Crippen molar-refractivity contribution in [1.29, 1.82) is 0 Å². The highest BCUT2D eigenvalue weighted by atomic mass is 28.4. The minimum atomic E-state index is -2.01. The quantitative estimate of drug-likeness (QED) is 0.331. The lowest BCUT2D eigenvalue weighted by Crippen LogP contribution is -2.53. The fraction of sp³-hybridized carbons (Fsp3) is 1.00. The molecule has 1 saturated heterocycles. The maximum absolute atomic E-state index is 5.77. The van der Waals surface area contributed by atoms with E-state index in [1.807, 2.05) is 21.3 Å². The monoisotopic (exact) mass is 373 g/mol. The molecule has 142 valence electrons. The van der Waals surface area contributed by atoms with Gasteiger partial charge in [-0.2, -0.15) is 0 Å². The largest absolute Gasteiger partial charge is 0.427 e. The first-order valence-corrected chi connectivity index (χ1v) is 12.7. The summed E-state index contributed by atoms with van der Waals surface area (Å²) in [7, 11) is 4.14. The molecule has 1 aliphatic heterocycles. The molecule has 0 aromatic carbocycles. The van der Waals surface area contributed by atoms with E-state index >= 15 is 0 Å². The van der Waals surface area contributed by atoms with Crippen LogP contribution in [0.4, 0.5) is 0 Å². The van der Waals surface area contributed by atoms with Crippen LogP contribution in [0.15, 0.2) is 0 Å². The highest BCUT2D eigenvalue weighted by molar-refractivity contribution is 6.65. The number of hydrogen-bond donors (Lipinski definition) is 0. The van der Waals surface area contributed by atoms with E-state index < -0.39 is 8.72 Å². The maximum Gasteiger partial charge on any atom is 0.427 e. The number of rotatable bonds is 14. The summed E-state index contributed by atoms with van der Waals surface area (Å²) in [5.41, 5.74) is 0. The molecular formula is C18H39NO3Si2. The van der Waals surface area contributed by atoms with E-state index in [-0.39, 0.29) is 0 Å². The van der Waals surface area contributed by atoms with Crippen LogP contribution in [0, 0.1) is 0 Å². The molecule has 2 radical (unpaired) electrons. The van der Waals surface area contributed by atoms with Gasteiger partial charge >= 0.3 is 8.72 Å². The Balaban J connectivity index is 2.16. The van der Waals surface area contributed by atoms with Crippen LogP contribution in [0.5, 0.6) is 0 Å². The Kier molecular flexibility index (Phi) is 11.0. The second kappa shape index (κ2) is 11.8. The second-order valence-corrected chi connectivity index (χ2v) is 12.1. The SMILES string of the molecule is CCC(CC)(CCCCCCCN1CCC[Si]1(OC)OC)[Si]OC. The molecule has 6 heteroatoms. The van der Waals surface area contributed by atoms with Gasteiger partial charge in [-0.15, -0.1) is 0 Å². The minimum absolute atomic E-state index is 0.437. The van der Waals surface area contributed by atoms with Gasteiger partial charge in [0, 0.05) is 27.4 Å². The summed E-state index contributed by atoms with van der Waals surface area (Å²) in [5.74, 6) is 0. The van der Waals surface area contributed by atoms with E-state index in [9.17, 15) is 0 Å². The molecule has 1 fully saturated rings. The molecule has 1 heterocycles. The van der Waals surface area contributed by atoms with Crippen LogP contribution in [-0.2, 0) is 13.3 Å². The Morgan fingerprint density at radius 1 is 0.958 bits per heavy atom. The predicted octanol–water partition coefficient (Wildman–Crippen LogP) is 4.51. The van der Waals surface area contributed by atoms with E-state index in [2.05, 4.69) is 18.4 Å². The topological polar surface area (TPSA) is 30.9 Å². The summed E-state index contributed by atoms with van der Waals surface area (Å²) in [6.45, 7) is 6.93. The van der Waals surface area contributed by atoms with Crippen LogP contribution in [0.25, 0.3) is 0 Å². The molecule has 24 heavy (non-hydrogen) atoms. The molecule has 1 aliphatic rings. The van der Waals surface area contributed by atoms with Crippen molar-refractivity contribution in [3.05, 3.63) is 0 Å². The van der Waals surface area contributed by atoms with Gasteiger partial charge in [0.1, 0.15) is 0 Å². The van der Waals surface area contributed by atoms with Crippen molar-refractivity contribution in [3.8, 4) is 0 Å². The summed E-state index contributed by atoms with van der Waals surface area (Å²) in [5, 5.41) is 0.437. The van der Waals surface area contributed by atoms with E-state index in [0.29, 0.717) is 14.8 Å². The summed E-state index contributed by atoms with van der Waals surface area (Å²) in [4.78, 5) is 0. The van der Waals surface area contributed by atoms with E-state index in [1.165, 1.54) is 57.8 Å². The van der Waals surface area contributed by atoms with Crippen molar-refractivity contribution in [2.75, 3.05) is 34.4 Å². The van der Waals surface area contributed by atoms with E-state index in [4.69, 9.17) is 13.3 Å². The molecule has 4 nitrogen and oxygen atoms in total. The number of nitrogens with zero attached hydrogens (tertiary/aromatic N) is 1. The van der Waals surface area contributed by atoms with Gasteiger partial charge in [-0.05, 0) is 37.4 Å². The molecule has 0 aliphatic carbocycles. The summed E-state index contributed by atoms with van der Waals surface area (Å²) in [6, 6.07) is 1.12. The zero-order valence-corrected chi connectivity index (χ0v) is 18.7. The fourth-order valence-electron chi connectivity index (χ4n) is 3.96. The van der Waals surface area contributed by atoms with Crippen LogP contribution >= 0.6 is 0 Å². The third kappa shape index (κ3) is 6.21. The first-order chi connectivity index (χ1) is 11.6. The molecular weight excluding hydrogens is 334 g/mol. The van der Waals surface area contributed by atoms with Gasteiger partial charge in [0.05, 0.1) is 0 Å². The molecule has 0 unspecified atom stereocenters. The highest BCUT2D eigenvalue weighted by Crippen LogP contribution is 2.39. The van der Waals surface area contributed by atoms with E-state index in [0.717, 1.165) is 19.1 Å². The molecule has 0 atom stereocenters. The Morgan fingerprint density at radius 3 is 2.17 bits per heavy atom. The van der Waals surface area contributed by atoms with Crippen LogP contribution in [0.2, 0.25) is 11.1 Å². The smallest absolute Gasteiger partial charge is 0.420 e. The Morgan fingerprint density at radius 2 is 1.58 bits per heavy atom. The molecule has 0 spiro atoms. The van der Waals surface area contributed by atoms with Crippen molar-refractivity contribution in [2.45, 2.75) is 82.7 Å². The Hall–Kier alpha value is 0.274. The maximum atomic E-state index is 5.77. The zero-order chi connectivity index (χ0) is 17.9. The molecule has 0 amide bonds. The number of unbranched alkanes of at least 4 members (excludes halogenated alkanes) is 4. The first kappa shape index (κ1) is 22.3. The van der Waals surface area contributed by atoms with E-state index in [1.54, 1.807) is 0 Å². The first-order valence-electron chi connectivity index (χ1n) is 9.77. The minimum Gasteiger partial charge on any atom is -0.420 e. The highest BCUT2D eigenvalue weighted by Gasteiger charge is 2.46. The van der Waals surface area contributed by atoms with Crippen LogP contribution < -0.4 is 0 Å². The molecule has 0 saturated carbocycles. The lowest BCUT2D eigenvalue weighted by Gasteiger charge is -2.32. The Labute approximate surface area is 153 Å². The van der Waals surface area contributed by atoms with Crippen molar-refractivity contribution >= 4 is 18.5 Å². The molecule has 0 aromatic heterocycles. The van der Waals surface area contributed by atoms with Gasteiger partial charge < -0.3 is 13.3 Å². The van der Waals surface area contributed by atoms with Crippen LogP contribution in [0.1, 0.15) is 71.6 Å². The van der Waals surface area contributed by atoms with Crippen LogP contribution in [0.3, 0.4) is 0 Å². The number of hydrogen-bond acceptors (Lipinski definition) is 4. The fourth-order valence-corrected chi connectivity index (χ4v) is 7.97. The van der Waals surface area contributed by atoms with Crippen molar-refractivity contribution in [2.24, 2.45) is 0 Å². The molecule has 1 rings (SSSR count). The lowest BCUT2D eigenvalue weighted by molar-refractivity contribution is 0.181.